The smallest absolute Gasteiger partial charge is 0.252 e. The van der Waals surface area contributed by atoms with Gasteiger partial charge in [-0.2, -0.15) is 0 Å². The lowest BCUT2D eigenvalue weighted by Gasteiger charge is -2.11. The summed E-state index contributed by atoms with van der Waals surface area (Å²) in [6.45, 7) is 0.424. The van der Waals surface area contributed by atoms with Crippen LogP contribution < -0.4 is 10.1 Å². The van der Waals surface area contributed by atoms with Gasteiger partial charge in [-0.3, -0.25) is 9.78 Å². The highest BCUT2D eigenvalue weighted by Gasteiger charge is 2.16. The molecule has 0 saturated carbocycles. The first-order valence-corrected chi connectivity index (χ1v) is 10.1. The number of benzene rings is 2. The third-order valence-corrected chi connectivity index (χ3v) is 5.18. The number of carbonyl (C=O) groups excluding carboxylic acids is 1. The average Bonchev–Trinajstić information content (AvgIpc) is 2.80. The predicted molar refractivity (Wildman–Crippen MR) is 115 cm³/mol. The van der Waals surface area contributed by atoms with Gasteiger partial charge in [-0.15, -0.1) is 0 Å². The molecule has 0 radical (unpaired) electrons. The van der Waals surface area contributed by atoms with E-state index in [1.165, 1.54) is 11.8 Å². The maximum atomic E-state index is 12.8. The topological polar surface area (TPSA) is 77.0 Å². The summed E-state index contributed by atoms with van der Waals surface area (Å²) in [5, 5.41) is 3.53. The minimum Gasteiger partial charge on any atom is -0.437 e. The van der Waals surface area contributed by atoms with Crippen LogP contribution in [0.2, 0.25) is 0 Å². The van der Waals surface area contributed by atoms with Crippen molar-refractivity contribution in [2.24, 2.45) is 0 Å². The third kappa shape index (κ3) is 5.01. The first kappa shape index (κ1) is 19.6. The highest BCUT2D eigenvalue weighted by molar-refractivity contribution is 7.99. The Labute approximate surface area is 178 Å². The van der Waals surface area contributed by atoms with Crippen molar-refractivity contribution >= 4 is 17.7 Å². The lowest BCUT2D eigenvalue weighted by atomic mass is 10.2. The quantitative estimate of drug-likeness (QED) is 0.470. The van der Waals surface area contributed by atoms with Crippen molar-refractivity contribution in [3.05, 3.63) is 103 Å². The van der Waals surface area contributed by atoms with E-state index in [-0.39, 0.29) is 5.91 Å². The highest BCUT2D eigenvalue weighted by atomic mass is 32.2. The maximum absolute atomic E-state index is 12.8. The zero-order valence-corrected chi connectivity index (χ0v) is 16.8. The molecule has 0 aliphatic heterocycles. The third-order valence-electron chi connectivity index (χ3n) is 4.13. The molecular weight excluding hydrogens is 396 g/mol. The van der Waals surface area contributed by atoms with Crippen LogP contribution in [0.15, 0.2) is 101 Å². The Balaban J connectivity index is 1.53. The maximum Gasteiger partial charge on any atom is 0.252 e. The summed E-state index contributed by atoms with van der Waals surface area (Å²) >= 11 is 1.34. The van der Waals surface area contributed by atoms with Gasteiger partial charge in [0, 0.05) is 36.2 Å². The Hall–Kier alpha value is -3.71. The van der Waals surface area contributed by atoms with Gasteiger partial charge in [0.15, 0.2) is 5.03 Å². The van der Waals surface area contributed by atoms with Crippen molar-refractivity contribution in [2.45, 2.75) is 16.5 Å². The van der Waals surface area contributed by atoms with Gasteiger partial charge >= 0.3 is 0 Å². The van der Waals surface area contributed by atoms with Crippen LogP contribution in [-0.2, 0) is 6.54 Å². The first-order chi connectivity index (χ1) is 14.8. The number of nitrogens with zero attached hydrogens (tertiary/aromatic N) is 3. The Bertz CT molecular complexity index is 1120. The monoisotopic (exact) mass is 414 g/mol. The summed E-state index contributed by atoms with van der Waals surface area (Å²) in [7, 11) is 0. The van der Waals surface area contributed by atoms with Crippen LogP contribution in [0.25, 0.3) is 0 Å². The molecule has 4 rings (SSSR count). The van der Waals surface area contributed by atoms with Gasteiger partial charge in [0.2, 0.25) is 0 Å². The fraction of sp³-hybridized carbons (Fsp3) is 0.0435. The summed E-state index contributed by atoms with van der Waals surface area (Å²) in [4.78, 5) is 26.3. The Morgan fingerprint density at radius 3 is 2.43 bits per heavy atom. The van der Waals surface area contributed by atoms with Gasteiger partial charge in [0.1, 0.15) is 5.75 Å². The van der Waals surface area contributed by atoms with E-state index in [1.54, 1.807) is 30.9 Å². The normalized spacial score (nSPS) is 10.4. The number of para-hydroxylation sites is 1. The van der Waals surface area contributed by atoms with Crippen LogP contribution >= 0.6 is 11.8 Å². The number of ether oxygens (including phenoxy) is 1. The number of hydrogen-bond donors (Lipinski definition) is 1. The number of nitrogens with one attached hydrogen (secondary N) is 1. The zero-order valence-electron chi connectivity index (χ0n) is 15.9. The number of pyridine rings is 1. The molecule has 2 aromatic heterocycles. The lowest BCUT2D eigenvalue weighted by molar-refractivity contribution is 0.0948. The highest BCUT2D eigenvalue weighted by Crippen LogP contribution is 2.35. The summed E-state index contributed by atoms with van der Waals surface area (Å²) in [5.74, 6) is 0.897. The van der Waals surface area contributed by atoms with E-state index in [9.17, 15) is 4.79 Å². The fourth-order valence-electron chi connectivity index (χ4n) is 2.68. The van der Waals surface area contributed by atoms with Crippen LogP contribution in [-0.4, -0.2) is 20.9 Å². The molecule has 0 unspecified atom stereocenters. The molecule has 0 saturated heterocycles. The average molecular weight is 414 g/mol. The molecular formula is C23H18N4O2S. The van der Waals surface area contributed by atoms with Gasteiger partial charge in [-0.1, -0.05) is 42.1 Å². The molecule has 30 heavy (non-hydrogen) atoms. The summed E-state index contributed by atoms with van der Waals surface area (Å²) in [6.07, 6.45) is 6.59. The second kappa shape index (κ2) is 9.67. The Kier molecular flexibility index (Phi) is 6.31. The minimum atomic E-state index is -0.163. The lowest BCUT2D eigenvalue weighted by Crippen LogP contribution is -2.23. The molecule has 4 aromatic rings. The van der Waals surface area contributed by atoms with Crippen LogP contribution in [0.1, 0.15) is 15.9 Å². The SMILES string of the molecule is O=C(NCc1ccncc1)c1ccccc1Sc1nccnc1Oc1ccccc1. The van der Waals surface area contributed by atoms with Crippen LogP contribution in [0.5, 0.6) is 11.6 Å². The van der Waals surface area contributed by atoms with E-state index in [0.29, 0.717) is 28.8 Å². The Morgan fingerprint density at radius 2 is 1.60 bits per heavy atom. The second-order valence-electron chi connectivity index (χ2n) is 6.22. The van der Waals surface area contributed by atoms with Crippen molar-refractivity contribution in [1.29, 1.82) is 0 Å². The van der Waals surface area contributed by atoms with Crippen molar-refractivity contribution in [3.63, 3.8) is 0 Å². The van der Waals surface area contributed by atoms with Gasteiger partial charge in [0.25, 0.3) is 11.8 Å². The molecule has 0 aliphatic rings. The molecule has 7 heteroatoms. The molecule has 0 spiro atoms. The largest absolute Gasteiger partial charge is 0.437 e. The predicted octanol–water partition coefficient (Wildman–Crippen LogP) is 4.75. The number of rotatable bonds is 7. The van der Waals surface area contributed by atoms with Crippen molar-refractivity contribution in [1.82, 2.24) is 20.3 Å². The summed E-state index contributed by atoms with van der Waals surface area (Å²) in [5.41, 5.74) is 1.55. The molecule has 0 fully saturated rings. The summed E-state index contributed by atoms with van der Waals surface area (Å²) < 4.78 is 5.89. The van der Waals surface area contributed by atoms with Crippen molar-refractivity contribution in [3.8, 4) is 11.6 Å². The molecule has 6 nitrogen and oxygen atoms in total. The van der Waals surface area contributed by atoms with Gasteiger partial charge in [0.05, 0.1) is 5.56 Å². The molecule has 1 amide bonds. The second-order valence-corrected chi connectivity index (χ2v) is 7.25. The van der Waals surface area contributed by atoms with E-state index in [1.807, 2.05) is 60.7 Å². The van der Waals surface area contributed by atoms with Crippen LogP contribution in [0.4, 0.5) is 0 Å². The molecule has 1 N–H and O–H groups in total. The molecule has 2 aromatic carbocycles. The number of carbonyl (C=O) groups is 1. The van der Waals surface area contributed by atoms with Crippen LogP contribution in [0, 0.1) is 0 Å². The van der Waals surface area contributed by atoms with Gasteiger partial charge < -0.3 is 10.1 Å². The van der Waals surface area contributed by atoms with Gasteiger partial charge in [-0.25, -0.2) is 9.97 Å². The number of hydrogen-bond acceptors (Lipinski definition) is 6. The molecule has 148 valence electrons. The molecule has 0 bridgehead atoms. The standard InChI is InChI=1S/C23H18N4O2S/c28-21(27-16-17-10-12-24-13-11-17)19-8-4-5-9-20(19)30-23-22(25-14-15-26-23)29-18-6-2-1-3-7-18/h1-15H,16H2,(H,27,28). The van der Waals surface area contributed by atoms with E-state index >= 15 is 0 Å². The Morgan fingerprint density at radius 1 is 0.867 bits per heavy atom. The summed E-state index contributed by atoms with van der Waals surface area (Å²) in [6, 6.07) is 20.5. The van der Waals surface area contributed by atoms with E-state index in [0.717, 1.165) is 10.5 Å². The van der Waals surface area contributed by atoms with E-state index in [2.05, 4.69) is 20.3 Å². The zero-order chi connectivity index (χ0) is 20.6. The fourth-order valence-corrected chi connectivity index (χ4v) is 3.60. The minimum absolute atomic E-state index is 0.163. The van der Waals surface area contributed by atoms with Gasteiger partial charge in [-0.05, 0) is 42.0 Å². The van der Waals surface area contributed by atoms with Crippen molar-refractivity contribution in [2.75, 3.05) is 0 Å². The number of amides is 1. The number of aromatic nitrogens is 3. The molecule has 0 aliphatic carbocycles. The van der Waals surface area contributed by atoms with E-state index < -0.39 is 0 Å². The molecule has 0 atom stereocenters. The molecule has 2 heterocycles. The first-order valence-electron chi connectivity index (χ1n) is 9.27. The van der Waals surface area contributed by atoms with E-state index in [4.69, 9.17) is 4.74 Å². The van der Waals surface area contributed by atoms with Crippen molar-refractivity contribution < 1.29 is 9.53 Å². The van der Waals surface area contributed by atoms with Crippen LogP contribution in [0.3, 0.4) is 0 Å².